The van der Waals surface area contributed by atoms with Crippen molar-refractivity contribution in [3.05, 3.63) is 65.9 Å². The highest BCUT2D eigenvalue weighted by Crippen LogP contribution is 2.26. The summed E-state index contributed by atoms with van der Waals surface area (Å²) < 4.78 is 19.0. The highest BCUT2D eigenvalue weighted by atomic mass is 19.1. The number of ether oxygens (including phenoxy) is 1. The molecule has 0 radical (unpaired) electrons. The normalized spacial score (nSPS) is 11.5. The predicted molar refractivity (Wildman–Crippen MR) is 96.6 cm³/mol. The van der Waals surface area contributed by atoms with Crippen molar-refractivity contribution in [2.24, 2.45) is 0 Å². The summed E-state index contributed by atoms with van der Waals surface area (Å²) in [5.74, 6) is -0.212. The fraction of sp³-hybridized carbons (Fsp3) is 0.211. The number of allylic oxidation sites excluding steroid dienone is 1. The summed E-state index contributed by atoms with van der Waals surface area (Å²) in [6.07, 6.45) is 6.26. The number of benzene rings is 1. The van der Waals surface area contributed by atoms with E-state index in [1.807, 2.05) is 19.0 Å². The van der Waals surface area contributed by atoms with Crippen LogP contribution in [0.15, 0.2) is 48.9 Å². The maximum Gasteiger partial charge on any atom is 0.227 e. The largest absolute Gasteiger partial charge is 0.472 e. The van der Waals surface area contributed by atoms with E-state index in [-0.39, 0.29) is 24.1 Å². The van der Waals surface area contributed by atoms with Crippen LogP contribution in [0.4, 0.5) is 4.39 Å². The van der Waals surface area contributed by atoms with Crippen molar-refractivity contribution < 1.29 is 13.9 Å². The van der Waals surface area contributed by atoms with E-state index in [4.69, 9.17) is 4.74 Å². The Bertz CT molecular complexity index is 950. The van der Waals surface area contributed by atoms with Crippen molar-refractivity contribution in [2.75, 3.05) is 20.6 Å². The first kappa shape index (κ1) is 17.8. The van der Waals surface area contributed by atoms with Gasteiger partial charge in [0.15, 0.2) is 5.78 Å². The number of aromatic amines is 1. The summed E-state index contributed by atoms with van der Waals surface area (Å²) in [4.78, 5) is 25.7. The number of fused-ring (bicyclic) bond motifs is 1. The summed E-state index contributed by atoms with van der Waals surface area (Å²) in [5, 5.41) is 0.517. The molecule has 3 aromatic rings. The van der Waals surface area contributed by atoms with E-state index in [0.29, 0.717) is 28.7 Å². The van der Waals surface area contributed by atoms with E-state index in [0.717, 1.165) is 0 Å². The highest BCUT2D eigenvalue weighted by molar-refractivity contribution is 6.13. The second-order valence-electron chi connectivity index (χ2n) is 6.05. The molecular formula is C19H19FN4O2. The highest BCUT2D eigenvalue weighted by Gasteiger charge is 2.16. The molecule has 1 N–H and O–H groups in total. The summed E-state index contributed by atoms with van der Waals surface area (Å²) in [7, 11) is 3.85. The van der Waals surface area contributed by atoms with Gasteiger partial charge in [0.25, 0.3) is 0 Å². The Kier molecular flexibility index (Phi) is 5.38. The standard InChI is InChI=1S/C19H19FN4O2/c1-24(2)8-4-7-16(25)15-10-21-18-17(15)19(23-12-22-18)26-11-13-5-3-6-14(20)9-13/h3-7,9-10,12H,8,11H2,1-2H3,(H,21,22,23). The number of carbonyl (C=O) groups excluding carboxylic acids is 1. The number of hydrogen-bond acceptors (Lipinski definition) is 5. The molecule has 2 aromatic heterocycles. The van der Waals surface area contributed by atoms with Crippen LogP contribution in [0.5, 0.6) is 5.88 Å². The monoisotopic (exact) mass is 354 g/mol. The average molecular weight is 354 g/mol. The Labute approximate surface area is 150 Å². The third-order valence-corrected chi connectivity index (χ3v) is 3.70. The quantitative estimate of drug-likeness (QED) is 0.522. The smallest absolute Gasteiger partial charge is 0.227 e. The van der Waals surface area contributed by atoms with Crippen LogP contribution in [-0.4, -0.2) is 46.3 Å². The van der Waals surface area contributed by atoms with E-state index < -0.39 is 0 Å². The molecule has 0 aliphatic rings. The zero-order valence-corrected chi connectivity index (χ0v) is 14.6. The van der Waals surface area contributed by atoms with Crippen LogP contribution >= 0.6 is 0 Å². The molecule has 7 heteroatoms. The summed E-state index contributed by atoms with van der Waals surface area (Å²) >= 11 is 0. The number of halogens is 1. The lowest BCUT2D eigenvalue weighted by molar-refractivity contribution is 0.104. The molecule has 0 fully saturated rings. The Balaban J connectivity index is 1.85. The molecule has 0 atom stereocenters. The van der Waals surface area contributed by atoms with Crippen molar-refractivity contribution >= 4 is 16.8 Å². The van der Waals surface area contributed by atoms with Crippen LogP contribution in [0, 0.1) is 5.82 Å². The van der Waals surface area contributed by atoms with E-state index in [1.165, 1.54) is 24.5 Å². The Morgan fingerprint density at radius 1 is 1.35 bits per heavy atom. The second-order valence-corrected chi connectivity index (χ2v) is 6.05. The summed E-state index contributed by atoms with van der Waals surface area (Å²) in [6.45, 7) is 0.798. The topological polar surface area (TPSA) is 71.1 Å². The first-order valence-corrected chi connectivity index (χ1v) is 8.09. The molecule has 26 heavy (non-hydrogen) atoms. The number of nitrogens with zero attached hydrogens (tertiary/aromatic N) is 3. The number of H-pyrrole nitrogens is 1. The van der Waals surface area contributed by atoms with Gasteiger partial charge in [-0.1, -0.05) is 18.2 Å². The van der Waals surface area contributed by atoms with Crippen molar-refractivity contribution in [1.29, 1.82) is 0 Å². The molecule has 0 amide bonds. The number of aromatic nitrogens is 3. The van der Waals surface area contributed by atoms with Crippen molar-refractivity contribution in [3.8, 4) is 5.88 Å². The summed E-state index contributed by atoms with van der Waals surface area (Å²) in [6, 6.07) is 6.14. The molecule has 134 valence electrons. The predicted octanol–water partition coefficient (Wildman–Crippen LogP) is 2.98. The SMILES string of the molecule is CN(C)CC=CC(=O)c1c[nH]c2ncnc(OCc3cccc(F)c3)c12. The average Bonchev–Trinajstić information content (AvgIpc) is 3.04. The van der Waals surface area contributed by atoms with Gasteiger partial charge in [0.1, 0.15) is 24.4 Å². The molecule has 1 aromatic carbocycles. The van der Waals surface area contributed by atoms with Gasteiger partial charge in [0.05, 0.1) is 10.9 Å². The number of likely N-dealkylation sites (N-methyl/N-ethyl adjacent to an activating group) is 1. The number of rotatable bonds is 7. The third-order valence-electron chi connectivity index (χ3n) is 3.70. The van der Waals surface area contributed by atoms with Crippen molar-refractivity contribution in [1.82, 2.24) is 19.9 Å². The molecule has 0 saturated carbocycles. The van der Waals surface area contributed by atoms with Crippen molar-refractivity contribution in [2.45, 2.75) is 6.61 Å². The Hall–Kier alpha value is -3.06. The first-order chi connectivity index (χ1) is 12.5. The molecule has 2 heterocycles. The van der Waals surface area contributed by atoms with E-state index >= 15 is 0 Å². The lowest BCUT2D eigenvalue weighted by Gasteiger charge is -2.07. The number of hydrogen-bond donors (Lipinski definition) is 1. The number of nitrogens with one attached hydrogen (secondary N) is 1. The fourth-order valence-electron chi connectivity index (χ4n) is 2.48. The van der Waals surface area contributed by atoms with Gasteiger partial charge in [-0.05, 0) is 37.9 Å². The van der Waals surface area contributed by atoms with Crippen LogP contribution in [0.2, 0.25) is 0 Å². The molecule has 0 bridgehead atoms. The van der Waals surface area contributed by atoms with Gasteiger partial charge in [0, 0.05) is 12.7 Å². The maximum absolute atomic E-state index is 13.3. The lowest BCUT2D eigenvalue weighted by Crippen LogP contribution is -2.11. The van der Waals surface area contributed by atoms with E-state index in [1.54, 1.807) is 24.4 Å². The molecule has 0 aliphatic carbocycles. The molecular weight excluding hydrogens is 335 g/mol. The van der Waals surface area contributed by atoms with Crippen molar-refractivity contribution in [3.63, 3.8) is 0 Å². The minimum atomic E-state index is -0.331. The molecule has 0 unspecified atom stereocenters. The van der Waals surface area contributed by atoms with Gasteiger partial charge in [0.2, 0.25) is 5.88 Å². The van der Waals surface area contributed by atoms with E-state index in [9.17, 15) is 9.18 Å². The maximum atomic E-state index is 13.3. The molecule has 0 spiro atoms. The molecule has 0 saturated heterocycles. The minimum Gasteiger partial charge on any atom is -0.472 e. The molecule has 6 nitrogen and oxygen atoms in total. The van der Waals surface area contributed by atoms with E-state index in [2.05, 4.69) is 15.0 Å². The Morgan fingerprint density at radius 3 is 2.96 bits per heavy atom. The number of ketones is 1. The van der Waals surface area contributed by atoms with Crippen LogP contribution in [-0.2, 0) is 6.61 Å². The zero-order chi connectivity index (χ0) is 18.5. The third kappa shape index (κ3) is 4.12. The van der Waals surface area contributed by atoms with Crippen LogP contribution in [0.1, 0.15) is 15.9 Å². The van der Waals surface area contributed by atoms with Gasteiger partial charge in [-0.3, -0.25) is 4.79 Å². The second kappa shape index (κ2) is 7.88. The number of carbonyl (C=O) groups is 1. The van der Waals surface area contributed by atoms with Crippen LogP contribution in [0.25, 0.3) is 11.0 Å². The van der Waals surface area contributed by atoms with Gasteiger partial charge in [-0.25, -0.2) is 14.4 Å². The van der Waals surface area contributed by atoms with Crippen LogP contribution < -0.4 is 4.74 Å². The Morgan fingerprint density at radius 2 is 2.19 bits per heavy atom. The lowest BCUT2D eigenvalue weighted by atomic mass is 10.1. The first-order valence-electron chi connectivity index (χ1n) is 8.09. The molecule has 3 rings (SSSR count). The van der Waals surface area contributed by atoms with Gasteiger partial charge >= 0.3 is 0 Å². The minimum absolute atomic E-state index is 0.138. The van der Waals surface area contributed by atoms with Gasteiger partial charge in [-0.2, -0.15) is 0 Å². The molecule has 0 aliphatic heterocycles. The van der Waals surface area contributed by atoms with Crippen LogP contribution in [0.3, 0.4) is 0 Å². The zero-order valence-electron chi connectivity index (χ0n) is 14.6. The summed E-state index contributed by atoms with van der Waals surface area (Å²) in [5.41, 5.74) is 1.62. The fourth-order valence-corrected chi connectivity index (χ4v) is 2.48. The van der Waals surface area contributed by atoms with Gasteiger partial charge in [-0.15, -0.1) is 0 Å². The van der Waals surface area contributed by atoms with Gasteiger partial charge < -0.3 is 14.6 Å².